The number of hydrogen-bond donors (Lipinski definition) is 1. The molecule has 1 saturated heterocycles. The lowest BCUT2D eigenvalue weighted by Crippen LogP contribution is -2.51. The molecule has 0 spiro atoms. The fraction of sp³-hybridized carbons (Fsp3) is 0.846. The van der Waals surface area contributed by atoms with E-state index in [1.807, 2.05) is 18.7 Å². The largest absolute Gasteiger partial charge is 0.344 e. The SMILES string of the molecule is CC(C)C1NC(=O)CCN(C(C)C(C)C)C1=O. The summed E-state index contributed by atoms with van der Waals surface area (Å²) >= 11 is 0. The Hall–Kier alpha value is -1.06. The number of nitrogens with one attached hydrogen (secondary N) is 1. The van der Waals surface area contributed by atoms with Gasteiger partial charge in [0.25, 0.3) is 0 Å². The quantitative estimate of drug-likeness (QED) is 0.810. The van der Waals surface area contributed by atoms with Crippen molar-refractivity contribution in [2.75, 3.05) is 6.54 Å². The van der Waals surface area contributed by atoms with Crippen molar-refractivity contribution >= 4 is 11.8 Å². The highest BCUT2D eigenvalue weighted by Crippen LogP contribution is 2.17. The van der Waals surface area contributed by atoms with Crippen LogP contribution in [0.2, 0.25) is 0 Å². The fourth-order valence-electron chi connectivity index (χ4n) is 2.03. The van der Waals surface area contributed by atoms with Gasteiger partial charge in [-0.25, -0.2) is 0 Å². The third-order valence-electron chi connectivity index (χ3n) is 3.57. The first-order valence-electron chi connectivity index (χ1n) is 6.44. The van der Waals surface area contributed by atoms with Crippen molar-refractivity contribution in [2.45, 2.75) is 53.1 Å². The zero-order valence-corrected chi connectivity index (χ0v) is 11.5. The molecule has 1 N–H and O–H groups in total. The second kappa shape index (κ2) is 5.52. The Morgan fingerprint density at radius 3 is 2.24 bits per heavy atom. The molecular formula is C13H24N2O2. The molecule has 2 unspecified atom stereocenters. The van der Waals surface area contributed by atoms with Crippen LogP contribution in [0.25, 0.3) is 0 Å². The Balaban J connectivity index is 2.91. The van der Waals surface area contributed by atoms with Gasteiger partial charge in [0.05, 0.1) is 0 Å². The molecule has 1 aliphatic heterocycles. The van der Waals surface area contributed by atoms with Crippen LogP contribution in [0.15, 0.2) is 0 Å². The normalized spacial score (nSPS) is 23.9. The molecule has 1 rings (SSSR count). The van der Waals surface area contributed by atoms with E-state index >= 15 is 0 Å². The lowest BCUT2D eigenvalue weighted by Gasteiger charge is -2.33. The molecule has 2 atom stereocenters. The first-order valence-corrected chi connectivity index (χ1v) is 6.44. The second-order valence-electron chi connectivity index (χ2n) is 5.56. The molecule has 0 radical (unpaired) electrons. The maximum atomic E-state index is 12.4. The number of carbonyl (C=O) groups excluding carboxylic acids is 2. The summed E-state index contributed by atoms with van der Waals surface area (Å²) in [5, 5.41) is 2.82. The van der Waals surface area contributed by atoms with E-state index in [1.165, 1.54) is 0 Å². The predicted molar refractivity (Wildman–Crippen MR) is 67.4 cm³/mol. The van der Waals surface area contributed by atoms with Gasteiger partial charge in [-0.2, -0.15) is 0 Å². The summed E-state index contributed by atoms with van der Waals surface area (Å²) in [4.78, 5) is 25.8. The molecule has 1 fully saturated rings. The van der Waals surface area contributed by atoms with Crippen molar-refractivity contribution in [3.05, 3.63) is 0 Å². The Labute approximate surface area is 104 Å². The molecule has 1 heterocycles. The average molecular weight is 240 g/mol. The molecule has 98 valence electrons. The summed E-state index contributed by atoms with van der Waals surface area (Å²) in [5.41, 5.74) is 0. The van der Waals surface area contributed by atoms with Crippen molar-refractivity contribution < 1.29 is 9.59 Å². The van der Waals surface area contributed by atoms with Crippen molar-refractivity contribution in [3.8, 4) is 0 Å². The number of carbonyl (C=O) groups is 2. The molecule has 4 heteroatoms. The summed E-state index contributed by atoms with van der Waals surface area (Å²) in [6, 6.07) is -0.192. The van der Waals surface area contributed by atoms with Crippen LogP contribution in [0.1, 0.15) is 41.0 Å². The molecule has 2 amide bonds. The number of rotatable bonds is 3. The van der Waals surface area contributed by atoms with E-state index in [0.717, 1.165) is 0 Å². The standard InChI is InChI=1S/C13H24N2O2/c1-8(2)10(5)15-7-6-11(16)14-12(9(3)4)13(15)17/h8-10,12H,6-7H2,1-5H3,(H,14,16). The third kappa shape index (κ3) is 3.20. The fourth-order valence-corrected chi connectivity index (χ4v) is 2.03. The molecule has 0 aromatic heterocycles. The minimum absolute atomic E-state index is 0.0180. The first-order chi connectivity index (χ1) is 7.84. The molecule has 4 nitrogen and oxygen atoms in total. The highest BCUT2D eigenvalue weighted by Gasteiger charge is 2.34. The van der Waals surface area contributed by atoms with Gasteiger partial charge in [0.2, 0.25) is 11.8 Å². The highest BCUT2D eigenvalue weighted by atomic mass is 16.2. The Morgan fingerprint density at radius 2 is 1.76 bits per heavy atom. The van der Waals surface area contributed by atoms with Crippen molar-refractivity contribution in [1.82, 2.24) is 10.2 Å². The van der Waals surface area contributed by atoms with Crippen molar-refractivity contribution in [2.24, 2.45) is 11.8 Å². The lowest BCUT2D eigenvalue weighted by atomic mass is 10.00. The molecule has 0 aromatic rings. The van der Waals surface area contributed by atoms with Gasteiger partial charge in [0.15, 0.2) is 0 Å². The zero-order valence-electron chi connectivity index (χ0n) is 11.5. The van der Waals surface area contributed by atoms with Crippen LogP contribution in [-0.2, 0) is 9.59 Å². The molecular weight excluding hydrogens is 216 g/mol. The van der Waals surface area contributed by atoms with Gasteiger partial charge in [-0.15, -0.1) is 0 Å². The van der Waals surface area contributed by atoms with E-state index in [4.69, 9.17) is 0 Å². The van der Waals surface area contributed by atoms with E-state index in [-0.39, 0.29) is 29.8 Å². The van der Waals surface area contributed by atoms with Gasteiger partial charge < -0.3 is 10.2 Å². The van der Waals surface area contributed by atoms with Gasteiger partial charge >= 0.3 is 0 Å². The zero-order chi connectivity index (χ0) is 13.2. The second-order valence-corrected chi connectivity index (χ2v) is 5.56. The molecule has 17 heavy (non-hydrogen) atoms. The Morgan fingerprint density at radius 1 is 1.18 bits per heavy atom. The van der Waals surface area contributed by atoms with E-state index in [2.05, 4.69) is 26.1 Å². The van der Waals surface area contributed by atoms with Crippen LogP contribution >= 0.6 is 0 Å². The summed E-state index contributed by atoms with van der Waals surface area (Å²) < 4.78 is 0. The highest BCUT2D eigenvalue weighted by molar-refractivity contribution is 5.90. The molecule has 0 aliphatic carbocycles. The van der Waals surface area contributed by atoms with Gasteiger partial charge in [0, 0.05) is 19.0 Å². The topological polar surface area (TPSA) is 49.4 Å². The minimum atomic E-state index is -0.369. The summed E-state index contributed by atoms with van der Waals surface area (Å²) in [6.45, 7) is 10.7. The van der Waals surface area contributed by atoms with Gasteiger partial charge in [-0.1, -0.05) is 27.7 Å². The van der Waals surface area contributed by atoms with Crippen LogP contribution in [-0.4, -0.2) is 35.3 Å². The average Bonchev–Trinajstić information content (AvgIpc) is 2.38. The first kappa shape index (κ1) is 14.0. The van der Waals surface area contributed by atoms with E-state index < -0.39 is 0 Å². The van der Waals surface area contributed by atoms with Crippen LogP contribution in [0.4, 0.5) is 0 Å². The molecule has 0 bridgehead atoms. The smallest absolute Gasteiger partial charge is 0.245 e. The van der Waals surface area contributed by atoms with Gasteiger partial charge in [-0.05, 0) is 18.8 Å². The maximum Gasteiger partial charge on any atom is 0.245 e. The number of nitrogens with zero attached hydrogens (tertiary/aromatic N) is 1. The number of hydrogen-bond acceptors (Lipinski definition) is 2. The Kier molecular flexibility index (Phi) is 4.54. The van der Waals surface area contributed by atoms with E-state index in [1.54, 1.807) is 0 Å². The minimum Gasteiger partial charge on any atom is -0.344 e. The Bertz CT molecular complexity index is 300. The van der Waals surface area contributed by atoms with Crippen LogP contribution < -0.4 is 5.32 Å². The maximum absolute atomic E-state index is 12.4. The van der Waals surface area contributed by atoms with Crippen molar-refractivity contribution in [1.29, 1.82) is 0 Å². The molecule has 0 saturated carbocycles. The van der Waals surface area contributed by atoms with Gasteiger partial charge in [-0.3, -0.25) is 9.59 Å². The summed E-state index contributed by atoms with van der Waals surface area (Å²) in [7, 11) is 0. The van der Waals surface area contributed by atoms with Gasteiger partial charge in [0.1, 0.15) is 6.04 Å². The number of amides is 2. The van der Waals surface area contributed by atoms with Crippen LogP contribution in [0.5, 0.6) is 0 Å². The third-order valence-corrected chi connectivity index (χ3v) is 3.57. The summed E-state index contributed by atoms with van der Waals surface area (Å²) in [5.74, 6) is 0.578. The van der Waals surface area contributed by atoms with Crippen LogP contribution in [0, 0.1) is 11.8 Å². The van der Waals surface area contributed by atoms with E-state index in [0.29, 0.717) is 18.9 Å². The predicted octanol–water partition coefficient (Wildman–Crippen LogP) is 1.40. The summed E-state index contributed by atoms with van der Waals surface area (Å²) in [6.07, 6.45) is 0.409. The van der Waals surface area contributed by atoms with Crippen LogP contribution in [0.3, 0.4) is 0 Å². The van der Waals surface area contributed by atoms with E-state index in [9.17, 15) is 9.59 Å². The molecule has 1 aliphatic rings. The monoisotopic (exact) mass is 240 g/mol. The van der Waals surface area contributed by atoms with Crippen molar-refractivity contribution in [3.63, 3.8) is 0 Å². The lowest BCUT2D eigenvalue weighted by molar-refractivity contribution is -0.137. The molecule has 0 aromatic carbocycles.